The Kier molecular flexibility index (Phi) is 7.78. The molecule has 0 radical (unpaired) electrons. The normalized spacial score (nSPS) is 10.3. The van der Waals surface area contributed by atoms with Gasteiger partial charge < -0.3 is 19.5 Å². The Morgan fingerprint density at radius 1 is 1.04 bits per heavy atom. The molecular formula is C20H24BrNO4. The summed E-state index contributed by atoms with van der Waals surface area (Å²) >= 11 is 3.39. The summed E-state index contributed by atoms with van der Waals surface area (Å²) in [5.41, 5.74) is 1.42. The number of hydrogen-bond acceptors (Lipinski definition) is 4. The van der Waals surface area contributed by atoms with E-state index in [1.165, 1.54) is 0 Å². The van der Waals surface area contributed by atoms with Gasteiger partial charge in [0.05, 0.1) is 25.9 Å². The number of carbonyl (C=O) groups excluding carboxylic acids is 1. The fourth-order valence-electron chi connectivity index (χ4n) is 2.39. The predicted octanol–water partition coefficient (Wildman–Crippen LogP) is 4.58. The Morgan fingerprint density at radius 2 is 1.81 bits per heavy atom. The molecule has 6 heteroatoms. The van der Waals surface area contributed by atoms with Crippen LogP contribution in [0.15, 0.2) is 40.9 Å². The van der Waals surface area contributed by atoms with Gasteiger partial charge in [-0.15, -0.1) is 0 Å². The van der Waals surface area contributed by atoms with Crippen LogP contribution in [0.25, 0.3) is 0 Å². The topological polar surface area (TPSA) is 56.8 Å². The number of carbonyl (C=O) groups is 1. The van der Waals surface area contributed by atoms with Crippen LogP contribution in [-0.4, -0.2) is 26.2 Å². The molecule has 0 atom stereocenters. The SMILES string of the molecule is CCCOc1ccc(CNC(=O)c2cc(Br)ccc2OCC)cc1OC. The van der Waals surface area contributed by atoms with Gasteiger partial charge in [-0.3, -0.25) is 4.79 Å². The summed E-state index contributed by atoms with van der Waals surface area (Å²) in [7, 11) is 1.60. The number of rotatable bonds is 9. The molecule has 2 rings (SSSR count). The minimum absolute atomic E-state index is 0.194. The molecule has 0 saturated heterocycles. The van der Waals surface area contributed by atoms with Crippen molar-refractivity contribution in [3.8, 4) is 17.2 Å². The highest BCUT2D eigenvalue weighted by Gasteiger charge is 2.13. The fraction of sp³-hybridized carbons (Fsp3) is 0.350. The van der Waals surface area contributed by atoms with E-state index in [0.29, 0.717) is 42.6 Å². The number of benzene rings is 2. The lowest BCUT2D eigenvalue weighted by atomic mass is 10.1. The van der Waals surface area contributed by atoms with Crippen LogP contribution in [0, 0.1) is 0 Å². The number of methoxy groups -OCH3 is 1. The third-order valence-corrected chi connectivity index (χ3v) is 4.12. The quantitative estimate of drug-likeness (QED) is 0.643. The third kappa shape index (κ3) is 5.39. The number of amides is 1. The van der Waals surface area contributed by atoms with Crippen LogP contribution < -0.4 is 19.5 Å². The van der Waals surface area contributed by atoms with Crippen molar-refractivity contribution in [2.75, 3.05) is 20.3 Å². The number of hydrogen-bond donors (Lipinski definition) is 1. The van der Waals surface area contributed by atoms with Crippen molar-refractivity contribution < 1.29 is 19.0 Å². The van der Waals surface area contributed by atoms with Gasteiger partial charge in [-0.05, 0) is 49.2 Å². The van der Waals surface area contributed by atoms with Gasteiger partial charge in [0, 0.05) is 11.0 Å². The standard InChI is InChI=1S/C20H24BrNO4/c1-4-10-26-18-8-6-14(11-19(18)24-3)13-22-20(23)16-12-15(21)7-9-17(16)25-5-2/h6-9,11-12H,4-5,10,13H2,1-3H3,(H,22,23). The highest BCUT2D eigenvalue weighted by Crippen LogP contribution is 2.28. The van der Waals surface area contributed by atoms with E-state index in [4.69, 9.17) is 14.2 Å². The zero-order valence-corrected chi connectivity index (χ0v) is 16.9. The monoisotopic (exact) mass is 421 g/mol. The summed E-state index contributed by atoms with van der Waals surface area (Å²) in [5, 5.41) is 2.92. The molecule has 1 N–H and O–H groups in total. The lowest BCUT2D eigenvalue weighted by Gasteiger charge is -2.13. The van der Waals surface area contributed by atoms with E-state index >= 15 is 0 Å². The first-order chi connectivity index (χ1) is 12.6. The Balaban J connectivity index is 2.08. The van der Waals surface area contributed by atoms with Crippen molar-refractivity contribution in [1.29, 1.82) is 0 Å². The maximum absolute atomic E-state index is 12.6. The smallest absolute Gasteiger partial charge is 0.255 e. The zero-order chi connectivity index (χ0) is 18.9. The second kappa shape index (κ2) is 10.1. The van der Waals surface area contributed by atoms with E-state index in [1.54, 1.807) is 19.2 Å². The van der Waals surface area contributed by atoms with Crippen molar-refractivity contribution in [2.45, 2.75) is 26.8 Å². The first-order valence-corrected chi connectivity index (χ1v) is 9.38. The highest BCUT2D eigenvalue weighted by atomic mass is 79.9. The zero-order valence-electron chi connectivity index (χ0n) is 15.3. The first kappa shape index (κ1) is 20.1. The van der Waals surface area contributed by atoms with Gasteiger partial charge in [0.2, 0.25) is 0 Å². The second-order valence-corrected chi connectivity index (χ2v) is 6.51. The van der Waals surface area contributed by atoms with Gasteiger partial charge in [-0.25, -0.2) is 0 Å². The maximum Gasteiger partial charge on any atom is 0.255 e. The van der Waals surface area contributed by atoms with Crippen molar-refractivity contribution in [1.82, 2.24) is 5.32 Å². The van der Waals surface area contributed by atoms with Gasteiger partial charge in [-0.1, -0.05) is 28.9 Å². The van der Waals surface area contributed by atoms with Crippen LogP contribution in [0.1, 0.15) is 36.2 Å². The van der Waals surface area contributed by atoms with Crippen molar-refractivity contribution in [2.24, 2.45) is 0 Å². The summed E-state index contributed by atoms with van der Waals surface area (Å²) in [6, 6.07) is 11.0. The van der Waals surface area contributed by atoms with E-state index in [1.807, 2.05) is 31.2 Å². The molecule has 0 saturated carbocycles. The highest BCUT2D eigenvalue weighted by molar-refractivity contribution is 9.10. The summed E-state index contributed by atoms with van der Waals surface area (Å²) in [6.07, 6.45) is 0.926. The molecule has 2 aromatic carbocycles. The summed E-state index contributed by atoms with van der Waals surface area (Å²) in [5.74, 6) is 1.73. The number of nitrogens with one attached hydrogen (secondary N) is 1. The predicted molar refractivity (Wildman–Crippen MR) is 105 cm³/mol. The van der Waals surface area contributed by atoms with Crippen LogP contribution >= 0.6 is 15.9 Å². The molecule has 0 spiro atoms. The van der Waals surface area contributed by atoms with Gasteiger partial charge in [0.15, 0.2) is 11.5 Å². The molecule has 26 heavy (non-hydrogen) atoms. The first-order valence-electron chi connectivity index (χ1n) is 8.59. The molecular weight excluding hydrogens is 398 g/mol. The molecule has 5 nitrogen and oxygen atoms in total. The van der Waals surface area contributed by atoms with Crippen LogP contribution in [0.2, 0.25) is 0 Å². The Morgan fingerprint density at radius 3 is 2.50 bits per heavy atom. The van der Waals surface area contributed by atoms with Gasteiger partial charge in [-0.2, -0.15) is 0 Å². The molecule has 0 aromatic heterocycles. The van der Waals surface area contributed by atoms with Crippen LogP contribution in [-0.2, 0) is 6.54 Å². The minimum Gasteiger partial charge on any atom is -0.493 e. The van der Waals surface area contributed by atoms with Crippen LogP contribution in [0.4, 0.5) is 0 Å². The lowest BCUT2D eigenvalue weighted by Crippen LogP contribution is -2.23. The molecule has 1 amide bonds. The molecule has 0 aliphatic heterocycles. The molecule has 140 valence electrons. The summed E-state index contributed by atoms with van der Waals surface area (Å²) < 4.78 is 17.4. The van der Waals surface area contributed by atoms with E-state index in [9.17, 15) is 4.79 Å². The molecule has 0 heterocycles. The molecule has 0 aliphatic carbocycles. The lowest BCUT2D eigenvalue weighted by molar-refractivity contribution is 0.0947. The maximum atomic E-state index is 12.6. The van der Waals surface area contributed by atoms with Gasteiger partial charge in [0.25, 0.3) is 5.91 Å². The third-order valence-electron chi connectivity index (χ3n) is 3.63. The summed E-state index contributed by atoms with van der Waals surface area (Å²) in [6.45, 7) is 5.45. The molecule has 0 unspecified atom stereocenters. The van der Waals surface area contributed by atoms with E-state index in [-0.39, 0.29) is 5.91 Å². The Hall–Kier alpha value is -2.21. The molecule has 0 bridgehead atoms. The Bertz CT molecular complexity index is 749. The average molecular weight is 422 g/mol. The minimum atomic E-state index is -0.194. The van der Waals surface area contributed by atoms with E-state index in [2.05, 4.69) is 28.2 Å². The molecule has 0 aliphatic rings. The number of halogens is 1. The largest absolute Gasteiger partial charge is 0.493 e. The average Bonchev–Trinajstić information content (AvgIpc) is 2.66. The summed E-state index contributed by atoms with van der Waals surface area (Å²) in [4.78, 5) is 12.6. The molecule has 2 aromatic rings. The molecule has 0 fully saturated rings. The van der Waals surface area contributed by atoms with Crippen molar-refractivity contribution in [3.63, 3.8) is 0 Å². The van der Waals surface area contributed by atoms with Gasteiger partial charge in [0.1, 0.15) is 5.75 Å². The van der Waals surface area contributed by atoms with Gasteiger partial charge >= 0.3 is 0 Å². The van der Waals surface area contributed by atoms with Crippen molar-refractivity contribution >= 4 is 21.8 Å². The van der Waals surface area contributed by atoms with E-state index < -0.39 is 0 Å². The van der Waals surface area contributed by atoms with Crippen molar-refractivity contribution in [3.05, 3.63) is 52.0 Å². The van der Waals surface area contributed by atoms with E-state index in [0.717, 1.165) is 16.5 Å². The number of ether oxygens (including phenoxy) is 3. The Labute approximate surface area is 162 Å². The fourth-order valence-corrected chi connectivity index (χ4v) is 2.75. The second-order valence-electron chi connectivity index (χ2n) is 5.59. The van der Waals surface area contributed by atoms with Crippen LogP contribution in [0.3, 0.4) is 0 Å². The van der Waals surface area contributed by atoms with Crippen LogP contribution in [0.5, 0.6) is 17.2 Å².